The fourth-order valence-corrected chi connectivity index (χ4v) is 7.52. The minimum absolute atomic E-state index is 0.0161. The number of pyridine rings is 1. The van der Waals surface area contributed by atoms with Gasteiger partial charge in [0.2, 0.25) is 21.5 Å². The number of aliphatic hydroxyl groups excluding tert-OH is 1. The molecule has 0 fully saturated rings. The Balaban J connectivity index is 1.49. The van der Waals surface area contributed by atoms with Crippen LogP contribution in [0, 0.1) is 5.92 Å². The zero-order valence-corrected chi connectivity index (χ0v) is 28.6. The Labute approximate surface area is 287 Å². The predicted octanol–water partition coefficient (Wildman–Crippen LogP) is 3.88. The van der Waals surface area contributed by atoms with Gasteiger partial charge in [-0.25, -0.2) is 8.42 Å². The molecule has 1 unspecified atom stereocenters. The molecule has 49 heavy (non-hydrogen) atoms. The summed E-state index contributed by atoms with van der Waals surface area (Å²) in [6.07, 6.45) is 2.70. The number of aromatic amines is 1. The van der Waals surface area contributed by atoms with E-state index < -0.39 is 39.8 Å². The lowest BCUT2D eigenvalue weighted by Crippen LogP contribution is -2.50. The Hall–Kier alpha value is -4.78. The van der Waals surface area contributed by atoms with Gasteiger partial charge in [-0.15, -0.1) is 0 Å². The standard InChI is InChI=1S/C37H45N5O6S/c1-26(2)24-42(49(47,48)32-19-17-30(38)18-20-32)31(25-43)15-9-10-22-39-37(46)35(41-36(45)29-16-21-33(44)40-23-29)34(27-11-5-3-6-12-27)28-13-7-4-8-14-28/h3-8,11-14,16-21,23,26,31,34-35,43H,9-10,15,22,24-25,38H2,1-2H3,(H,39,46)(H,40,44)(H,41,45)/t31?,35-/m0/s1. The third kappa shape index (κ3) is 10.1. The summed E-state index contributed by atoms with van der Waals surface area (Å²) >= 11 is 0. The molecule has 0 saturated heterocycles. The molecule has 3 aromatic carbocycles. The second kappa shape index (κ2) is 17.6. The molecule has 0 aliphatic carbocycles. The number of hydrogen-bond acceptors (Lipinski definition) is 7. The minimum Gasteiger partial charge on any atom is -0.399 e. The fraction of sp³-hybridized carbons (Fsp3) is 0.324. The number of nitrogens with zero attached hydrogens (tertiary/aromatic N) is 1. The van der Waals surface area contributed by atoms with Crippen LogP contribution < -0.4 is 21.9 Å². The highest BCUT2D eigenvalue weighted by Crippen LogP contribution is 2.29. The number of nitrogens with two attached hydrogens (primary N) is 1. The second-order valence-electron chi connectivity index (χ2n) is 12.4. The molecule has 0 aliphatic heterocycles. The molecule has 4 aromatic rings. The van der Waals surface area contributed by atoms with Crippen LogP contribution in [-0.4, -0.2) is 66.4 Å². The summed E-state index contributed by atoms with van der Waals surface area (Å²) in [6, 6.07) is 25.8. The third-order valence-corrected chi connectivity index (χ3v) is 10.1. The van der Waals surface area contributed by atoms with Gasteiger partial charge in [-0.1, -0.05) is 80.9 Å². The zero-order chi connectivity index (χ0) is 35.4. The van der Waals surface area contributed by atoms with Crippen LogP contribution in [0.3, 0.4) is 0 Å². The number of carbonyl (C=O) groups is 2. The second-order valence-corrected chi connectivity index (χ2v) is 14.2. The van der Waals surface area contributed by atoms with Crippen molar-refractivity contribution in [3.63, 3.8) is 0 Å². The maximum absolute atomic E-state index is 13.9. The van der Waals surface area contributed by atoms with E-state index >= 15 is 0 Å². The SMILES string of the molecule is CC(C)CN(C(CO)CCCCNC(=O)[C@@H](NC(=O)c1ccc(=O)[nH]c1)C(c1ccccc1)c1ccccc1)S(=O)(=O)c1ccc(N)cc1. The molecule has 1 heterocycles. The van der Waals surface area contributed by atoms with Crippen LogP contribution in [0.1, 0.15) is 60.5 Å². The van der Waals surface area contributed by atoms with Crippen molar-refractivity contribution in [1.29, 1.82) is 0 Å². The van der Waals surface area contributed by atoms with E-state index in [0.29, 0.717) is 24.9 Å². The number of unbranched alkanes of at least 4 members (excludes halogenated alkanes) is 1. The normalized spacial score (nSPS) is 12.9. The number of nitrogen functional groups attached to an aromatic ring is 1. The van der Waals surface area contributed by atoms with Gasteiger partial charge in [-0.05, 0) is 60.2 Å². The van der Waals surface area contributed by atoms with Crippen molar-refractivity contribution < 1.29 is 23.1 Å². The number of aromatic nitrogens is 1. The van der Waals surface area contributed by atoms with Crippen molar-refractivity contribution in [1.82, 2.24) is 19.9 Å². The molecule has 0 bridgehead atoms. The molecule has 2 amide bonds. The van der Waals surface area contributed by atoms with Crippen LogP contribution in [0.15, 0.2) is 113 Å². The molecule has 1 aromatic heterocycles. The first-order valence-corrected chi connectivity index (χ1v) is 17.8. The van der Waals surface area contributed by atoms with Crippen LogP contribution in [0.25, 0.3) is 0 Å². The van der Waals surface area contributed by atoms with Crippen molar-refractivity contribution in [2.45, 2.75) is 56.0 Å². The summed E-state index contributed by atoms with van der Waals surface area (Å²) in [5.41, 5.74) is 7.72. The lowest BCUT2D eigenvalue weighted by Gasteiger charge is -2.31. The largest absolute Gasteiger partial charge is 0.399 e. The number of amides is 2. The summed E-state index contributed by atoms with van der Waals surface area (Å²) in [6.45, 7) is 3.96. The van der Waals surface area contributed by atoms with Crippen LogP contribution in [0.2, 0.25) is 0 Å². The number of rotatable bonds is 17. The average molecular weight is 688 g/mol. The van der Waals surface area contributed by atoms with Crippen LogP contribution >= 0.6 is 0 Å². The monoisotopic (exact) mass is 687 g/mol. The number of aliphatic hydroxyl groups is 1. The first kappa shape index (κ1) is 37.0. The molecule has 12 heteroatoms. The van der Waals surface area contributed by atoms with Crippen molar-refractivity contribution in [3.8, 4) is 0 Å². The topological polar surface area (TPSA) is 175 Å². The number of nitrogens with one attached hydrogen (secondary N) is 3. The molecule has 0 saturated carbocycles. The molecule has 4 rings (SSSR count). The van der Waals surface area contributed by atoms with Crippen molar-refractivity contribution in [2.75, 3.05) is 25.4 Å². The summed E-state index contributed by atoms with van der Waals surface area (Å²) in [5, 5.41) is 16.2. The van der Waals surface area contributed by atoms with E-state index in [1.165, 1.54) is 46.9 Å². The lowest BCUT2D eigenvalue weighted by atomic mass is 9.84. The van der Waals surface area contributed by atoms with Gasteiger partial charge >= 0.3 is 0 Å². The van der Waals surface area contributed by atoms with Gasteiger partial charge < -0.3 is 26.5 Å². The molecular formula is C37H45N5O6S. The fourth-order valence-electron chi connectivity index (χ4n) is 5.71. The molecule has 260 valence electrons. The van der Waals surface area contributed by atoms with E-state index in [-0.39, 0.29) is 41.6 Å². The van der Waals surface area contributed by atoms with E-state index in [1.54, 1.807) is 0 Å². The van der Waals surface area contributed by atoms with Gasteiger partial charge in [0.25, 0.3) is 5.91 Å². The first-order valence-electron chi connectivity index (χ1n) is 16.4. The number of hydrogen-bond donors (Lipinski definition) is 5. The van der Waals surface area contributed by atoms with Gasteiger partial charge in [0.05, 0.1) is 17.1 Å². The highest BCUT2D eigenvalue weighted by Gasteiger charge is 2.34. The molecule has 6 N–H and O–H groups in total. The van der Waals surface area contributed by atoms with Crippen LogP contribution in [0.4, 0.5) is 5.69 Å². The summed E-state index contributed by atoms with van der Waals surface area (Å²) in [4.78, 5) is 41.5. The Morgan fingerprint density at radius 1 is 0.878 bits per heavy atom. The van der Waals surface area contributed by atoms with Gasteiger partial charge in [0.1, 0.15) is 6.04 Å². The number of H-pyrrole nitrogens is 1. The minimum atomic E-state index is -3.90. The molecular weight excluding hydrogens is 643 g/mol. The Morgan fingerprint density at radius 3 is 2.02 bits per heavy atom. The van der Waals surface area contributed by atoms with E-state index in [0.717, 1.165) is 11.1 Å². The number of benzene rings is 3. The highest BCUT2D eigenvalue weighted by molar-refractivity contribution is 7.89. The van der Waals surface area contributed by atoms with Gasteiger partial charge in [0, 0.05) is 43.0 Å². The Morgan fingerprint density at radius 2 is 1.49 bits per heavy atom. The van der Waals surface area contributed by atoms with E-state index in [2.05, 4.69) is 15.6 Å². The molecule has 0 aliphatic rings. The zero-order valence-electron chi connectivity index (χ0n) is 27.8. The van der Waals surface area contributed by atoms with E-state index in [4.69, 9.17) is 5.73 Å². The molecule has 0 spiro atoms. The van der Waals surface area contributed by atoms with E-state index in [1.807, 2.05) is 74.5 Å². The number of carbonyl (C=O) groups excluding carboxylic acids is 2. The third-order valence-electron chi connectivity index (χ3n) is 8.18. The summed E-state index contributed by atoms with van der Waals surface area (Å²) < 4.78 is 28.6. The van der Waals surface area contributed by atoms with Crippen LogP contribution in [-0.2, 0) is 14.8 Å². The highest BCUT2D eigenvalue weighted by atomic mass is 32.2. The lowest BCUT2D eigenvalue weighted by molar-refractivity contribution is -0.123. The van der Waals surface area contributed by atoms with Crippen LogP contribution in [0.5, 0.6) is 0 Å². The number of sulfonamides is 1. The van der Waals surface area contributed by atoms with Crippen molar-refractivity contribution in [3.05, 3.63) is 130 Å². The Bertz CT molecular complexity index is 1760. The Kier molecular flexibility index (Phi) is 13.3. The first-order chi connectivity index (χ1) is 23.5. The van der Waals surface area contributed by atoms with Gasteiger partial charge in [-0.3, -0.25) is 14.4 Å². The maximum atomic E-state index is 13.9. The predicted molar refractivity (Wildman–Crippen MR) is 190 cm³/mol. The van der Waals surface area contributed by atoms with Crippen molar-refractivity contribution >= 4 is 27.5 Å². The maximum Gasteiger partial charge on any atom is 0.253 e. The quantitative estimate of drug-likeness (QED) is 0.0827. The molecule has 0 radical (unpaired) electrons. The average Bonchev–Trinajstić information content (AvgIpc) is 3.10. The van der Waals surface area contributed by atoms with Gasteiger partial charge in [0.15, 0.2) is 0 Å². The molecule has 11 nitrogen and oxygen atoms in total. The smallest absolute Gasteiger partial charge is 0.253 e. The van der Waals surface area contributed by atoms with Crippen molar-refractivity contribution in [2.24, 2.45) is 5.92 Å². The molecule has 2 atom stereocenters. The summed E-state index contributed by atoms with van der Waals surface area (Å²) in [7, 11) is -3.90. The van der Waals surface area contributed by atoms with Gasteiger partial charge in [-0.2, -0.15) is 4.31 Å². The number of anilines is 1. The summed E-state index contributed by atoms with van der Waals surface area (Å²) in [5.74, 6) is -1.44. The van der Waals surface area contributed by atoms with E-state index in [9.17, 15) is 27.9 Å².